The van der Waals surface area contributed by atoms with E-state index in [1.54, 1.807) is 16.8 Å². The van der Waals surface area contributed by atoms with E-state index in [1.807, 2.05) is 25.3 Å². The van der Waals surface area contributed by atoms with Gasteiger partial charge in [0.15, 0.2) is 0 Å². The maximum atomic E-state index is 12.5. The van der Waals surface area contributed by atoms with Crippen LogP contribution < -0.4 is 10.0 Å². The normalized spacial score (nSPS) is 16.6. The first-order valence-electron chi connectivity index (χ1n) is 8.22. The van der Waals surface area contributed by atoms with Crippen LogP contribution in [0.1, 0.15) is 23.7 Å². The van der Waals surface area contributed by atoms with Crippen molar-refractivity contribution >= 4 is 15.9 Å². The number of nitrogens with one attached hydrogen (secondary N) is 2. The number of nitrogens with zero attached hydrogens (tertiary/aromatic N) is 2. The van der Waals surface area contributed by atoms with E-state index in [4.69, 9.17) is 0 Å². The molecule has 0 aliphatic heterocycles. The molecule has 1 heterocycles. The first-order valence-corrected chi connectivity index (χ1v) is 9.70. The molecule has 25 heavy (non-hydrogen) atoms. The molecule has 0 spiro atoms. The van der Waals surface area contributed by atoms with E-state index in [2.05, 4.69) is 15.1 Å². The molecule has 1 aromatic heterocycles. The Balaban J connectivity index is 1.64. The monoisotopic (exact) mass is 362 g/mol. The van der Waals surface area contributed by atoms with E-state index in [1.165, 1.54) is 6.92 Å². The number of hydrogen-bond donors (Lipinski definition) is 2. The molecule has 8 heteroatoms. The van der Waals surface area contributed by atoms with Gasteiger partial charge in [0, 0.05) is 25.7 Å². The van der Waals surface area contributed by atoms with E-state index >= 15 is 0 Å². The second-order valence-electron chi connectivity index (χ2n) is 6.35. The van der Waals surface area contributed by atoms with Crippen molar-refractivity contribution in [1.29, 1.82) is 0 Å². The number of carbonyl (C=O) groups excluding carboxylic acids is 1. The van der Waals surface area contributed by atoms with Crippen LogP contribution in [0.4, 0.5) is 0 Å². The molecule has 1 aromatic carbocycles. The molecule has 3 rings (SSSR count). The Morgan fingerprint density at radius 1 is 1.28 bits per heavy atom. The lowest BCUT2D eigenvalue weighted by molar-refractivity contribution is -0.119. The third-order valence-corrected chi connectivity index (χ3v) is 5.69. The van der Waals surface area contributed by atoms with E-state index in [9.17, 15) is 13.2 Å². The van der Waals surface area contributed by atoms with Crippen molar-refractivity contribution in [2.24, 2.45) is 0 Å². The summed E-state index contributed by atoms with van der Waals surface area (Å²) in [4.78, 5) is 11.4. The van der Waals surface area contributed by atoms with Crippen LogP contribution >= 0.6 is 0 Å². The van der Waals surface area contributed by atoms with Crippen LogP contribution in [0.15, 0.2) is 35.4 Å². The van der Waals surface area contributed by atoms with Crippen molar-refractivity contribution in [3.8, 4) is 0 Å². The molecule has 1 aliphatic carbocycles. The van der Waals surface area contributed by atoms with Gasteiger partial charge in [0.2, 0.25) is 15.9 Å². The molecule has 0 bridgehead atoms. The number of fused-ring (bicyclic) bond motifs is 1. The summed E-state index contributed by atoms with van der Waals surface area (Å²) in [6.07, 6.45) is 3.22. The van der Waals surface area contributed by atoms with Gasteiger partial charge in [-0.3, -0.25) is 9.48 Å². The van der Waals surface area contributed by atoms with Gasteiger partial charge in [0.1, 0.15) is 0 Å². The number of aromatic nitrogens is 2. The van der Waals surface area contributed by atoms with Crippen LogP contribution in [0.25, 0.3) is 0 Å². The number of sulfonamides is 1. The summed E-state index contributed by atoms with van der Waals surface area (Å²) in [5.41, 5.74) is 2.96. The number of benzene rings is 1. The number of aryl methyl sites for hydroxylation is 1. The molecular weight excluding hydrogens is 340 g/mol. The highest BCUT2D eigenvalue weighted by Gasteiger charge is 2.24. The average Bonchev–Trinajstić information content (AvgIpc) is 3.11. The molecule has 134 valence electrons. The second-order valence-corrected chi connectivity index (χ2v) is 8.12. The van der Waals surface area contributed by atoms with Gasteiger partial charge in [-0.05, 0) is 49.1 Å². The highest BCUT2D eigenvalue weighted by atomic mass is 32.2. The standard InChI is InChI=1S/C17H22N4O3S/c1-12-5-7-21(20-12)8-6-18-25(23,24)17-4-3-14-9-16(19-13(2)22)10-15(14)11-17/h3-5,7,11,16,18H,6,8-10H2,1-2H3,(H,19,22). The third kappa shape index (κ3) is 4.26. The van der Waals surface area contributed by atoms with Crippen LogP contribution in [0.3, 0.4) is 0 Å². The molecule has 1 atom stereocenters. The number of carbonyl (C=O) groups is 1. The lowest BCUT2D eigenvalue weighted by Crippen LogP contribution is -2.33. The molecule has 0 saturated carbocycles. The zero-order chi connectivity index (χ0) is 18.0. The van der Waals surface area contributed by atoms with Crippen molar-refractivity contribution in [3.05, 3.63) is 47.3 Å². The summed E-state index contributed by atoms with van der Waals surface area (Å²) in [6.45, 7) is 4.13. The van der Waals surface area contributed by atoms with Crippen LogP contribution in [0.2, 0.25) is 0 Å². The van der Waals surface area contributed by atoms with Crippen LogP contribution in [-0.4, -0.2) is 36.7 Å². The summed E-state index contributed by atoms with van der Waals surface area (Å²) >= 11 is 0. The minimum atomic E-state index is -3.56. The fourth-order valence-corrected chi connectivity index (χ4v) is 4.19. The number of amides is 1. The van der Waals surface area contributed by atoms with Gasteiger partial charge in [-0.25, -0.2) is 13.1 Å². The van der Waals surface area contributed by atoms with Crippen molar-refractivity contribution in [3.63, 3.8) is 0 Å². The first-order chi connectivity index (χ1) is 11.8. The van der Waals surface area contributed by atoms with Crippen molar-refractivity contribution in [2.45, 2.75) is 44.2 Å². The maximum absolute atomic E-state index is 12.5. The third-order valence-electron chi connectivity index (χ3n) is 4.24. The molecule has 1 aliphatic rings. The summed E-state index contributed by atoms with van der Waals surface area (Å²) in [7, 11) is -3.56. The Labute approximate surface area is 147 Å². The predicted octanol–water partition coefficient (Wildman–Crippen LogP) is 0.773. The first kappa shape index (κ1) is 17.6. The number of hydrogen-bond acceptors (Lipinski definition) is 4. The summed E-state index contributed by atoms with van der Waals surface area (Å²) in [5.74, 6) is -0.0684. The van der Waals surface area contributed by atoms with Gasteiger partial charge in [0.25, 0.3) is 0 Å². The minimum Gasteiger partial charge on any atom is -0.353 e. The van der Waals surface area contributed by atoms with Gasteiger partial charge in [-0.15, -0.1) is 0 Å². The lowest BCUT2D eigenvalue weighted by Gasteiger charge is -2.09. The lowest BCUT2D eigenvalue weighted by atomic mass is 10.1. The molecule has 2 N–H and O–H groups in total. The quantitative estimate of drug-likeness (QED) is 0.794. The van der Waals surface area contributed by atoms with Gasteiger partial charge >= 0.3 is 0 Å². The van der Waals surface area contributed by atoms with Crippen molar-refractivity contribution in [2.75, 3.05) is 6.54 Å². The highest BCUT2D eigenvalue weighted by molar-refractivity contribution is 7.89. The Morgan fingerprint density at radius 2 is 2.04 bits per heavy atom. The largest absolute Gasteiger partial charge is 0.353 e. The van der Waals surface area contributed by atoms with Crippen molar-refractivity contribution in [1.82, 2.24) is 19.8 Å². The zero-order valence-corrected chi connectivity index (χ0v) is 15.1. The Kier molecular flexibility index (Phi) is 4.91. The molecule has 1 unspecified atom stereocenters. The maximum Gasteiger partial charge on any atom is 0.240 e. The van der Waals surface area contributed by atoms with E-state index in [-0.39, 0.29) is 23.4 Å². The van der Waals surface area contributed by atoms with Crippen LogP contribution in [0.5, 0.6) is 0 Å². The molecular formula is C17H22N4O3S. The summed E-state index contributed by atoms with van der Waals surface area (Å²) in [6, 6.07) is 7.08. The average molecular weight is 362 g/mol. The van der Waals surface area contributed by atoms with E-state index in [0.29, 0.717) is 13.0 Å². The Morgan fingerprint density at radius 3 is 2.72 bits per heavy atom. The predicted molar refractivity (Wildman–Crippen MR) is 93.6 cm³/mol. The molecule has 7 nitrogen and oxygen atoms in total. The van der Waals surface area contributed by atoms with E-state index in [0.717, 1.165) is 23.2 Å². The molecule has 0 saturated heterocycles. The Hall–Kier alpha value is -2.19. The smallest absolute Gasteiger partial charge is 0.240 e. The van der Waals surface area contributed by atoms with E-state index < -0.39 is 10.0 Å². The zero-order valence-electron chi connectivity index (χ0n) is 14.3. The van der Waals surface area contributed by atoms with Crippen LogP contribution in [-0.2, 0) is 34.2 Å². The van der Waals surface area contributed by atoms with Crippen molar-refractivity contribution < 1.29 is 13.2 Å². The second kappa shape index (κ2) is 6.97. The fourth-order valence-electron chi connectivity index (χ4n) is 3.12. The summed E-state index contributed by atoms with van der Waals surface area (Å²) in [5, 5.41) is 7.12. The van der Waals surface area contributed by atoms with Crippen LogP contribution in [0, 0.1) is 6.92 Å². The van der Waals surface area contributed by atoms with Gasteiger partial charge in [-0.2, -0.15) is 5.10 Å². The molecule has 0 fully saturated rings. The molecule has 1 amide bonds. The van der Waals surface area contributed by atoms with Gasteiger partial charge in [-0.1, -0.05) is 6.07 Å². The highest BCUT2D eigenvalue weighted by Crippen LogP contribution is 2.25. The fraction of sp³-hybridized carbons (Fsp3) is 0.412. The topological polar surface area (TPSA) is 93.1 Å². The number of rotatable bonds is 6. The SMILES string of the molecule is CC(=O)NC1Cc2ccc(S(=O)(=O)NCCn3ccc(C)n3)cc2C1. The minimum absolute atomic E-state index is 0.0430. The summed E-state index contributed by atoms with van der Waals surface area (Å²) < 4.78 is 29.3. The molecule has 0 radical (unpaired) electrons. The molecule has 2 aromatic rings. The Bertz CT molecular complexity index is 889. The van der Waals surface area contributed by atoms with Gasteiger partial charge < -0.3 is 5.32 Å². The van der Waals surface area contributed by atoms with Gasteiger partial charge in [0.05, 0.1) is 17.1 Å².